The molecule has 0 aliphatic carbocycles. The molecule has 1 fully saturated rings. The predicted octanol–water partition coefficient (Wildman–Crippen LogP) is 0.925. The van der Waals surface area contributed by atoms with Crippen molar-refractivity contribution in [2.24, 2.45) is 0 Å². The third-order valence-corrected chi connectivity index (χ3v) is 5.87. The highest BCUT2D eigenvalue weighted by molar-refractivity contribution is 7.99. The normalized spacial score (nSPS) is 17.4. The summed E-state index contributed by atoms with van der Waals surface area (Å²) in [5.74, 6) is 2.14. The van der Waals surface area contributed by atoms with E-state index in [1.54, 1.807) is 17.8 Å². The van der Waals surface area contributed by atoms with Gasteiger partial charge in [0.2, 0.25) is 10.0 Å². The van der Waals surface area contributed by atoms with Gasteiger partial charge in [-0.2, -0.15) is 16.1 Å². The fraction of sp³-hybridized carbons (Fsp3) is 0.500. The highest BCUT2D eigenvalue weighted by Gasteiger charge is 2.26. The van der Waals surface area contributed by atoms with Crippen LogP contribution in [0.3, 0.4) is 0 Å². The lowest BCUT2D eigenvalue weighted by Crippen LogP contribution is -2.37. The molecule has 0 aromatic heterocycles. The smallest absolute Gasteiger partial charge is 0.243 e. The molecule has 106 valence electrons. The summed E-state index contributed by atoms with van der Waals surface area (Å²) < 4.78 is 31.5. The summed E-state index contributed by atoms with van der Waals surface area (Å²) in [6, 6.07) is 4.59. The van der Waals surface area contributed by atoms with Crippen LogP contribution in [-0.4, -0.2) is 49.5 Å². The summed E-state index contributed by atoms with van der Waals surface area (Å²) in [4.78, 5) is 0.212. The van der Waals surface area contributed by atoms with Gasteiger partial charge in [-0.3, -0.25) is 0 Å². The van der Waals surface area contributed by atoms with E-state index in [1.165, 1.54) is 23.5 Å². The maximum atomic E-state index is 12.4. The molecule has 1 aliphatic rings. The van der Waals surface area contributed by atoms with Gasteiger partial charge < -0.3 is 9.84 Å². The number of hydrogen-bond acceptors (Lipinski definition) is 5. The topological polar surface area (TPSA) is 66.8 Å². The van der Waals surface area contributed by atoms with E-state index in [1.807, 2.05) is 0 Å². The maximum Gasteiger partial charge on any atom is 0.243 e. The maximum absolute atomic E-state index is 12.4. The van der Waals surface area contributed by atoms with E-state index in [9.17, 15) is 13.5 Å². The summed E-state index contributed by atoms with van der Waals surface area (Å²) in [6.07, 6.45) is 0. The number of rotatable bonds is 4. The molecule has 1 saturated heterocycles. The number of aliphatic hydroxyl groups is 1. The van der Waals surface area contributed by atoms with E-state index >= 15 is 0 Å². The van der Waals surface area contributed by atoms with Crippen LogP contribution in [0.4, 0.5) is 0 Å². The molecular weight excluding hydrogens is 286 g/mol. The van der Waals surface area contributed by atoms with Gasteiger partial charge >= 0.3 is 0 Å². The number of sulfonamides is 1. The van der Waals surface area contributed by atoms with Crippen LogP contribution in [0.2, 0.25) is 0 Å². The van der Waals surface area contributed by atoms with Crippen LogP contribution in [0.25, 0.3) is 0 Å². The second-order valence-corrected chi connectivity index (χ2v) is 7.31. The number of methoxy groups -OCH3 is 1. The van der Waals surface area contributed by atoms with E-state index in [2.05, 4.69) is 0 Å². The van der Waals surface area contributed by atoms with Crippen molar-refractivity contribution < 1.29 is 18.3 Å². The van der Waals surface area contributed by atoms with Crippen LogP contribution in [-0.2, 0) is 16.6 Å². The minimum atomic E-state index is -3.47. The zero-order valence-corrected chi connectivity index (χ0v) is 12.3. The Morgan fingerprint density at radius 1 is 1.37 bits per heavy atom. The van der Waals surface area contributed by atoms with Crippen molar-refractivity contribution in [2.75, 3.05) is 31.7 Å². The Morgan fingerprint density at radius 2 is 2.05 bits per heavy atom. The molecule has 0 unspecified atom stereocenters. The SMILES string of the molecule is COc1ccc(S(=O)(=O)N2CCSCC2)cc1CO. The van der Waals surface area contributed by atoms with Crippen molar-refractivity contribution in [2.45, 2.75) is 11.5 Å². The first-order chi connectivity index (χ1) is 9.09. The molecule has 0 bridgehead atoms. The minimum absolute atomic E-state index is 0.212. The van der Waals surface area contributed by atoms with E-state index in [0.29, 0.717) is 24.4 Å². The molecule has 19 heavy (non-hydrogen) atoms. The Hall–Kier alpha value is -0.760. The van der Waals surface area contributed by atoms with Crippen molar-refractivity contribution in [1.82, 2.24) is 4.31 Å². The van der Waals surface area contributed by atoms with Crippen LogP contribution < -0.4 is 4.74 Å². The Labute approximate surface area is 117 Å². The quantitative estimate of drug-likeness (QED) is 0.896. The third kappa shape index (κ3) is 3.05. The summed E-state index contributed by atoms with van der Waals surface area (Å²) in [5.41, 5.74) is 0.481. The summed E-state index contributed by atoms with van der Waals surface area (Å²) in [7, 11) is -1.98. The van der Waals surface area contributed by atoms with Crippen molar-refractivity contribution >= 4 is 21.8 Å². The van der Waals surface area contributed by atoms with Crippen LogP contribution in [0, 0.1) is 0 Å². The first-order valence-electron chi connectivity index (χ1n) is 5.95. The van der Waals surface area contributed by atoms with E-state index in [4.69, 9.17) is 4.74 Å². The van der Waals surface area contributed by atoms with Gasteiger partial charge in [0.15, 0.2) is 0 Å². The lowest BCUT2D eigenvalue weighted by molar-refractivity contribution is 0.273. The Bertz CT molecular complexity index is 539. The highest BCUT2D eigenvalue weighted by Crippen LogP contribution is 2.25. The Kier molecular flexibility index (Phi) is 4.72. The number of thioether (sulfide) groups is 1. The Morgan fingerprint density at radius 3 is 2.63 bits per heavy atom. The van der Waals surface area contributed by atoms with Gasteiger partial charge in [0.1, 0.15) is 5.75 Å². The van der Waals surface area contributed by atoms with Gasteiger partial charge in [-0.25, -0.2) is 8.42 Å². The predicted molar refractivity (Wildman–Crippen MR) is 75.0 cm³/mol. The van der Waals surface area contributed by atoms with E-state index in [-0.39, 0.29) is 11.5 Å². The van der Waals surface area contributed by atoms with Gasteiger partial charge in [0, 0.05) is 30.2 Å². The molecule has 1 aliphatic heterocycles. The number of benzene rings is 1. The molecule has 1 aromatic rings. The van der Waals surface area contributed by atoms with Crippen molar-refractivity contribution in [1.29, 1.82) is 0 Å². The molecule has 1 N–H and O–H groups in total. The van der Waals surface area contributed by atoms with Gasteiger partial charge in [-0.15, -0.1) is 0 Å². The number of aliphatic hydroxyl groups excluding tert-OH is 1. The molecular formula is C12H17NO4S2. The number of nitrogens with zero attached hydrogens (tertiary/aromatic N) is 1. The van der Waals surface area contributed by atoms with Crippen LogP contribution >= 0.6 is 11.8 Å². The third-order valence-electron chi connectivity index (χ3n) is 3.03. The van der Waals surface area contributed by atoms with Crippen molar-refractivity contribution in [3.8, 4) is 5.75 Å². The van der Waals surface area contributed by atoms with Crippen LogP contribution in [0.1, 0.15) is 5.56 Å². The van der Waals surface area contributed by atoms with Crippen LogP contribution in [0.5, 0.6) is 5.75 Å². The summed E-state index contributed by atoms with van der Waals surface area (Å²) in [5, 5.41) is 9.26. The average molecular weight is 303 g/mol. The highest BCUT2D eigenvalue weighted by atomic mass is 32.2. The summed E-state index contributed by atoms with van der Waals surface area (Å²) >= 11 is 1.76. The molecule has 1 heterocycles. The molecule has 0 saturated carbocycles. The Balaban J connectivity index is 2.34. The second kappa shape index (κ2) is 6.13. The van der Waals surface area contributed by atoms with E-state index in [0.717, 1.165) is 11.5 Å². The monoisotopic (exact) mass is 303 g/mol. The summed E-state index contributed by atoms with van der Waals surface area (Å²) in [6.45, 7) is 0.823. The van der Waals surface area contributed by atoms with Gasteiger partial charge in [0.25, 0.3) is 0 Å². The standard InChI is InChI=1S/C12H17NO4S2/c1-17-12-3-2-11(8-10(12)9-14)19(15,16)13-4-6-18-7-5-13/h2-3,8,14H,4-7,9H2,1H3. The second-order valence-electron chi connectivity index (χ2n) is 4.15. The first kappa shape index (κ1) is 14.6. The minimum Gasteiger partial charge on any atom is -0.496 e. The zero-order chi connectivity index (χ0) is 13.9. The number of hydrogen-bond donors (Lipinski definition) is 1. The molecule has 2 rings (SSSR count). The molecule has 5 nitrogen and oxygen atoms in total. The molecule has 0 amide bonds. The largest absolute Gasteiger partial charge is 0.496 e. The molecule has 0 atom stereocenters. The molecule has 7 heteroatoms. The van der Waals surface area contributed by atoms with Crippen molar-refractivity contribution in [3.05, 3.63) is 23.8 Å². The molecule has 0 spiro atoms. The lowest BCUT2D eigenvalue weighted by atomic mass is 10.2. The van der Waals surface area contributed by atoms with Crippen LogP contribution in [0.15, 0.2) is 23.1 Å². The van der Waals surface area contributed by atoms with E-state index < -0.39 is 10.0 Å². The first-order valence-corrected chi connectivity index (χ1v) is 8.54. The van der Waals surface area contributed by atoms with Gasteiger partial charge in [-0.05, 0) is 18.2 Å². The number of ether oxygens (including phenoxy) is 1. The average Bonchev–Trinajstić information content (AvgIpc) is 2.47. The molecule has 1 aromatic carbocycles. The molecule has 0 radical (unpaired) electrons. The fourth-order valence-electron chi connectivity index (χ4n) is 1.97. The fourth-order valence-corrected chi connectivity index (χ4v) is 4.60. The zero-order valence-electron chi connectivity index (χ0n) is 10.7. The lowest BCUT2D eigenvalue weighted by Gasteiger charge is -2.25. The van der Waals surface area contributed by atoms with Gasteiger partial charge in [0.05, 0.1) is 18.6 Å². The van der Waals surface area contributed by atoms with Crippen molar-refractivity contribution in [3.63, 3.8) is 0 Å². The van der Waals surface area contributed by atoms with Gasteiger partial charge in [-0.1, -0.05) is 0 Å².